The van der Waals surface area contributed by atoms with Crippen molar-refractivity contribution in [2.45, 2.75) is 58.5 Å². The Kier molecular flexibility index (Phi) is 5.48. The maximum atomic E-state index is 13.1. The van der Waals surface area contributed by atoms with Gasteiger partial charge >= 0.3 is 6.03 Å². The fourth-order valence-corrected chi connectivity index (χ4v) is 4.81. The first-order valence-corrected chi connectivity index (χ1v) is 11.5. The standard InChI is InChI=1S/C26H28N4O3/c1-15-4-7-18(8-5-15)14-30-25(31)21-11-10-20(13-22(21)27-26(30)32)24-28-23(29-33-24)19-9-6-16(2)17(3)12-19/h4-9,12,20-22H,10-11,13-14H2,1-3H3,(H,27,32). The molecule has 3 aromatic rings. The van der Waals surface area contributed by atoms with Gasteiger partial charge in [-0.1, -0.05) is 47.1 Å². The maximum absolute atomic E-state index is 13.1. The van der Waals surface area contributed by atoms with Crippen molar-refractivity contribution in [3.63, 3.8) is 0 Å². The Labute approximate surface area is 193 Å². The summed E-state index contributed by atoms with van der Waals surface area (Å²) >= 11 is 0. The number of amides is 3. The average molecular weight is 445 g/mol. The van der Waals surface area contributed by atoms with Gasteiger partial charge in [-0.05, 0) is 62.8 Å². The number of benzene rings is 2. The highest BCUT2D eigenvalue weighted by atomic mass is 16.5. The maximum Gasteiger partial charge on any atom is 0.324 e. The lowest BCUT2D eigenvalue weighted by molar-refractivity contribution is -0.137. The SMILES string of the molecule is Cc1ccc(CN2C(=O)NC3CC(c4nc(-c5ccc(C)c(C)c5)no4)CCC3C2=O)cc1. The summed E-state index contributed by atoms with van der Waals surface area (Å²) in [6.45, 7) is 6.44. The first-order valence-electron chi connectivity index (χ1n) is 11.5. The van der Waals surface area contributed by atoms with E-state index in [-0.39, 0.29) is 29.8 Å². The first-order chi connectivity index (χ1) is 15.9. The predicted molar refractivity (Wildman–Crippen MR) is 123 cm³/mol. The van der Waals surface area contributed by atoms with Crippen LogP contribution < -0.4 is 5.32 Å². The minimum atomic E-state index is -0.330. The molecule has 3 amide bonds. The van der Waals surface area contributed by atoms with Crippen LogP contribution in [-0.2, 0) is 11.3 Å². The monoisotopic (exact) mass is 444 g/mol. The number of carbonyl (C=O) groups excluding carboxylic acids is 2. The van der Waals surface area contributed by atoms with Crippen LogP contribution in [0.25, 0.3) is 11.4 Å². The third kappa shape index (κ3) is 4.15. The fourth-order valence-electron chi connectivity index (χ4n) is 4.81. The molecule has 1 saturated heterocycles. The minimum absolute atomic E-state index is 0.0239. The number of nitrogens with zero attached hydrogens (tertiary/aromatic N) is 3. The molecule has 2 aromatic carbocycles. The van der Waals surface area contributed by atoms with Gasteiger partial charge in [0.25, 0.3) is 0 Å². The highest BCUT2D eigenvalue weighted by Gasteiger charge is 2.45. The lowest BCUT2D eigenvalue weighted by Crippen LogP contribution is -2.60. The Balaban J connectivity index is 1.28. The summed E-state index contributed by atoms with van der Waals surface area (Å²) in [4.78, 5) is 31.9. The largest absolute Gasteiger partial charge is 0.339 e. The molecule has 3 atom stereocenters. The third-order valence-electron chi connectivity index (χ3n) is 7.00. The number of aryl methyl sites for hydroxylation is 3. The van der Waals surface area contributed by atoms with Crippen molar-refractivity contribution in [2.75, 3.05) is 0 Å². The molecule has 1 N–H and O–H groups in total. The zero-order valence-corrected chi connectivity index (χ0v) is 19.2. The van der Waals surface area contributed by atoms with Gasteiger partial charge < -0.3 is 9.84 Å². The molecule has 7 heteroatoms. The molecule has 2 fully saturated rings. The van der Waals surface area contributed by atoms with Crippen molar-refractivity contribution in [1.82, 2.24) is 20.4 Å². The second kappa shape index (κ2) is 8.46. The molecule has 0 bridgehead atoms. The van der Waals surface area contributed by atoms with Gasteiger partial charge in [0, 0.05) is 17.5 Å². The van der Waals surface area contributed by atoms with Gasteiger partial charge in [0.1, 0.15) is 0 Å². The number of nitrogens with one attached hydrogen (secondary N) is 1. The summed E-state index contributed by atoms with van der Waals surface area (Å²) in [5.41, 5.74) is 5.41. The molecule has 2 aliphatic rings. The molecule has 1 aliphatic carbocycles. The smallest absolute Gasteiger partial charge is 0.324 e. The number of urea groups is 1. The van der Waals surface area contributed by atoms with Crippen LogP contribution in [0.15, 0.2) is 47.0 Å². The van der Waals surface area contributed by atoms with Crippen LogP contribution in [0.4, 0.5) is 4.79 Å². The van der Waals surface area contributed by atoms with Crippen molar-refractivity contribution in [1.29, 1.82) is 0 Å². The van der Waals surface area contributed by atoms with Crippen LogP contribution in [-0.4, -0.2) is 33.0 Å². The van der Waals surface area contributed by atoms with Crippen molar-refractivity contribution in [2.24, 2.45) is 5.92 Å². The van der Waals surface area contributed by atoms with Crippen molar-refractivity contribution < 1.29 is 14.1 Å². The predicted octanol–water partition coefficient (Wildman–Crippen LogP) is 4.67. The van der Waals surface area contributed by atoms with E-state index in [0.717, 1.165) is 23.1 Å². The van der Waals surface area contributed by atoms with E-state index in [0.29, 0.717) is 31.1 Å². The van der Waals surface area contributed by atoms with E-state index in [9.17, 15) is 9.59 Å². The highest BCUT2D eigenvalue weighted by molar-refractivity contribution is 5.98. The number of rotatable bonds is 4. The normalized spacial score (nSPS) is 22.8. The van der Waals surface area contributed by atoms with Crippen LogP contribution >= 0.6 is 0 Å². The fraction of sp³-hybridized carbons (Fsp3) is 0.385. The van der Waals surface area contributed by atoms with E-state index < -0.39 is 0 Å². The minimum Gasteiger partial charge on any atom is -0.339 e. The summed E-state index contributed by atoms with van der Waals surface area (Å²) in [5, 5.41) is 7.24. The molecule has 170 valence electrons. The quantitative estimate of drug-likeness (QED) is 0.632. The first kappa shape index (κ1) is 21.4. The molecular weight excluding hydrogens is 416 g/mol. The molecule has 0 spiro atoms. The number of aromatic nitrogens is 2. The number of imide groups is 1. The molecule has 1 saturated carbocycles. The lowest BCUT2D eigenvalue weighted by Gasteiger charge is -2.41. The molecule has 1 aromatic heterocycles. The van der Waals surface area contributed by atoms with E-state index in [1.807, 2.05) is 37.3 Å². The summed E-state index contributed by atoms with van der Waals surface area (Å²) in [5.74, 6) is 0.861. The number of fused-ring (bicyclic) bond motifs is 1. The van der Waals surface area contributed by atoms with E-state index in [4.69, 9.17) is 4.52 Å². The Bertz CT molecular complexity index is 1200. The van der Waals surface area contributed by atoms with Gasteiger partial charge in [0.05, 0.1) is 12.5 Å². The van der Waals surface area contributed by atoms with Gasteiger partial charge in [-0.15, -0.1) is 0 Å². The molecule has 1 aliphatic heterocycles. The van der Waals surface area contributed by atoms with Crippen LogP contribution in [0, 0.1) is 26.7 Å². The third-order valence-corrected chi connectivity index (χ3v) is 7.00. The molecule has 33 heavy (non-hydrogen) atoms. The van der Waals surface area contributed by atoms with Gasteiger partial charge in [0.15, 0.2) is 0 Å². The van der Waals surface area contributed by atoms with Crippen molar-refractivity contribution in [3.8, 4) is 11.4 Å². The number of carbonyl (C=O) groups is 2. The highest BCUT2D eigenvalue weighted by Crippen LogP contribution is 2.38. The van der Waals surface area contributed by atoms with E-state index in [1.54, 1.807) is 0 Å². The Morgan fingerprint density at radius 3 is 2.58 bits per heavy atom. The van der Waals surface area contributed by atoms with E-state index in [1.165, 1.54) is 16.0 Å². The summed E-state index contributed by atoms with van der Waals surface area (Å²) in [7, 11) is 0. The molecule has 3 unspecified atom stereocenters. The number of hydrogen-bond donors (Lipinski definition) is 1. The van der Waals surface area contributed by atoms with Crippen LogP contribution in [0.5, 0.6) is 0 Å². The summed E-state index contributed by atoms with van der Waals surface area (Å²) in [6, 6.07) is 13.5. The van der Waals surface area contributed by atoms with E-state index in [2.05, 4.69) is 41.4 Å². The number of hydrogen-bond acceptors (Lipinski definition) is 5. The Morgan fingerprint density at radius 2 is 1.82 bits per heavy atom. The zero-order valence-electron chi connectivity index (χ0n) is 19.2. The van der Waals surface area contributed by atoms with Crippen molar-refractivity contribution in [3.05, 3.63) is 70.6 Å². The summed E-state index contributed by atoms with van der Waals surface area (Å²) < 4.78 is 5.60. The molecular formula is C26H28N4O3. The molecule has 0 radical (unpaired) electrons. The second-order valence-electron chi connectivity index (χ2n) is 9.34. The van der Waals surface area contributed by atoms with Gasteiger partial charge in [-0.25, -0.2) is 4.79 Å². The van der Waals surface area contributed by atoms with Crippen LogP contribution in [0.1, 0.15) is 53.3 Å². The molecule has 7 nitrogen and oxygen atoms in total. The van der Waals surface area contributed by atoms with E-state index >= 15 is 0 Å². The summed E-state index contributed by atoms with van der Waals surface area (Å²) in [6.07, 6.45) is 2.07. The molecule has 5 rings (SSSR count). The van der Waals surface area contributed by atoms with Crippen LogP contribution in [0.2, 0.25) is 0 Å². The lowest BCUT2D eigenvalue weighted by atomic mass is 9.76. The van der Waals surface area contributed by atoms with Gasteiger partial charge in [0.2, 0.25) is 17.6 Å². The van der Waals surface area contributed by atoms with Gasteiger partial charge in [-0.3, -0.25) is 9.69 Å². The van der Waals surface area contributed by atoms with Gasteiger partial charge in [-0.2, -0.15) is 4.98 Å². The Hall–Kier alpha value is -3.48. The Morgan fingerprint density at radius 1 is 1.03 bits per heavy atom. The molecule has 2 heterocycles. The van der Waals surface area contributed by atoms with Crippen LogP contribution in [0.3, 0.4) is 0 Å². The topological polar surface area (TPSA) is 88.3 Å². The van der Waals surface area contributed by atoms with Crippen molar-refractivity contribution >= 4 is 11.9 Å². The average Bonchev–Trinajstić information content (AvgIpc) is 3.30. The second-order valence-corrected chi connectivity index (χ2v) is 9.34. The zero-order chi connectivity index (χ0) is 23.1.